The van der Waals surface area contributed by atoms with Crippen molar-refractivity contribution in [1.82, 2.24) is 0 Å². The zero-order valence-electron chi connectivity index (χ0n) is 21.7. The van der Waals surface area contributed by atoms with E-state index in [1.807, 2.05) is 36.1 Å². The van der Waals surface area contributed by atoms with E-state index in [2.05, 4.69) is 26.0 Å². The summed E-state index contributed by atoms with van der Waals surface area (Å²) in [5.41, 5.74) is 11.0. The molecule has 1 unspecified atom stereocenters. The minimum Gasteiger partial charge on any atom is -0.494 e. The van der Waals surface area contributed by atoms with Crippen LogP contribution in [-0.2, 0) is 17.6 Å². The van der Waals surface area contributed by atoms with Crippen LogP contribution in [0.4, 0.5) is 5.00 Å². The Bertz CT molecular complexity index is 1400. The maximum Gasteiger partial charge on any atom is 0.162 e. The third kappa shape index (κ3) is 4.32. The molecule has 0 saturated heterocycles. The number of Topliss-reactive ketones (excluding diaryl/α,β-unsaturated/α-hetero) is 1. The van der Waals surface area contributed by atoms with Crippen molar-refractivity contribution < 1.29 is 9.53 Å². The molecule has 1 aliphatic heterocycles. The molecule has 3 aliphatic rings. The van der Waals surface area contributed by atoms with E-state index in [9.17, 15) is 15.3 Å². The number of anilines is 1. The zero-order chi connectivity index (χ0) is 26.3. The van der Waals surface area contributed by atoms with Gasteiger partial charge in [0.25, 0.3) is 0 Å². The first-order valence-corrected chi connectivity index (χ1v) is 13.8. The van der Waals surface area contributed by atoms with Gasteiger partial charge in [0, 0.05) is 22.6 Å². The molecule has 37 heavy (non-hydrogen) atoms. The Balaban J connectivity index is 1.73. The fraction of sp³-hybridized carbons (Fsp3) is 0.433. The second kappa shape index (κ2) is 9.72. The van der Waals surface area contributed by atoms with Gasteiger partial charge >= 0.3 is 0 Å². The van der Waals surface area contributed by atoms with Crippen molar-refractivity contribution in [2.24, 2.45) is 11.1 Å². The lowest BCUT2D eigenvalue weighted by atomic mass is 9.68. The molecule has 0 radical (unpaired) electrons. The van der Waals surface area contributed by atoms with Crippen LogP contribution in [0.2, 0.25) is 0 Å². The van der Waals surface area contributed by atoms with Gasteiger partial charge in [0.15, 0.2) is 5.78 Å². The van der Waals surface area contributed by atoms with Gasteiger partial charge in [-0.1, -0.05) is 32.4 Å². The summed E-state index contributed by atoms with van der Waals surface area (Å²) in [4.78, 5) is 16.9. The highest BCUT2D eigenvalue weighted by Crippen LogP contribution is 2.52. The molecule has 0 spiro atoms. The summed E-state index contributed by atoms with van der Waals surface area (Å²) in [6.07, 6.45) is 6.18. The smallest absolute Gasteiger partial charge is 0.162 e. The molecule has 2 N–H and O–H groups in total. The summed E-state index contributed by atoms with van der Waals surface area (Å²) in [5.74, 6) is 0.549. The Kier molecular flexibility index (Phi) is 6.60. The summed E-state index contributed by atoms with van der Waals surface area (Å²) < 4.78 is 5.61. The predicted octanol–water partition coefficient (Wildman–Crippen LogP) is 6.23. The number of carbonyl (C=O) groups is 1. The Morgan fingerprint density at radius 3 is 2.51 bits per heavy atom. The maximum absolute atomic E-state index is 13.8. The van der Waals surface area contributed by atoms with Gasteiger partial charge in [0.1, 0.15) is 22.6 Å². The molecule has 6 nitrogen and oxygen atoms in total. The molecule has 0 fully saturated rings. The summed E-state index contributed by atoms with van der Waals surface area (Å²) >= 11 is 1.60. The quantitative estimate of drug-likeness (QED) is 0.487. The number of hydrogen-bond acceptors (Lipinski definition) is 7. The molecule has 7 heteroatoms. The Morgan fingerprint density at radius 1 is 1.11 bits per heavy atom. The van der Waals surface area contributed by atoms with E-state index in [4.69, 9.17) is 10.5 Å². The van der Waals surface area contributed by atoms with Gasteiger partial charge in [0.2, 0.25) is 0 Å². The van der Waals surface area contributed by atoms with Gasteiger partial charge in [-0.3, -0.25) is 9.69 Å². The Hall–Kier alpha value is -3.55. The molecular weight excluding hydrogens is 480 g/mol. The lowest BCUT2D eigenvalue weighted by Crippen LogP contribution is -2.42. The fourth-order valence-corrected chi connectivity index (χ4v) is 7.38. The number of benzene rings is 1. The average molecular weight is 513 g/mol. The molecule has 1 aromatic carbocycles. The van der Waals surface area contributed by atoms with E-state index in [0.717, 1.165) is 59.7 Å². The number of ether oxygens (including phenoxy) is 1. The molecule has 2 aromatic rings. The van der Waals surface area contributed by atoms with Crippen LogP contribution >= 0.6 is 11.3 Å². The van der Waals surface area contributed by atoms with Crippen molar-refractivity contribution >= 4 is 22.1 Å². The summed E-state index contributed by atoms with van der Waals surface area (Å²) in [7, 11) is 0. The van der Waals surface area contributed by atoms with Crippen LogP contribution in [0.1, 0.15) is 80.4 Å². The first-order chi connectivity index (χ1) is 17.8. The van der Waals surface area contributed by atoms with E-state index in [1.165, 1.54) is 4.88 Å². The second-order valence-corrected chi connectivity index (χ2v) is 11.9. The van der Waals surface area contributed by atoms with Crippen molar-refractivity contribution in [1.29, 1.82) is 10.5 Å². The number of nitriles is 2. The van der Waals surface area contributed by atoms with Gasteiger partial charge in [-0.05, 0) is 67.7 Å². The minimum atomic E-state index is -0.543. The highest BCUT2D eigenvalue weighted by Gasteiger charge is 2.45. The lowest BCUT2D eigenvalue weighted by Gasteiger charge is -2.43. The number of ketones is 1. The number of allylic oxidation sites excluding steroid dienone is 3. The van der Waals surface area contributed by atoms with Crippen molar-refractivity contribution in [2.75, 3.05) is 11.5 Å². The van der Waals surface area contributed by atoms with Gasteiger partial charge in [-0.2, -0.15) is 10.5 Å². The van der Waals surface area contributed by atoms with Gasteiger partial charge in [-0.15, -0.1) is 11.3 Å². The summed E-state index contributed by atoms with van der Waals surface area (Å²) in [6, 6.07) is 12.4. The molecule has 1 atom stereocenters. The second-order valence-electron chi connectivity index (χ2n) is 10.8. The minimum absolute atomic E-state index is 0.0343. The largest absolute Gasteiger partial charge is 0.494 e. The van der Waals surface area contributed by atoms with E-state index in [-0.39, 0.29) is 11.2 Å². The monoisotopic (exact) mass is 512 g/mol. The maximum atomic E-state index is 13.8. The third-order valence-corrected chi connectivity index (χ3v) is 8.90. The molecule has 190 valence electrons. The topological polar surface area (TPSA) is 103 Å². The van der Waals surface area contributed by atoms with Crippen molar-refractivity contribution in [3.05, 3.63) is 68.5 Å². The van der Waals surface area contributed by atoms with Crippen LogP contribution in [0.25, 0.3) is 0 Å². The number of nitrogens with zero attached hydrogens (tertiary/aromatic N) is 3. The molecular formula is C30H32N4O2S. The van der Waals surface area contributed by atoms with Gasteiger partial charge in [0.05, 0.1) is 29.7 Å². The zero-order valence-corrected chi connectivity index (χ0v) is 22.5. The molecule has 2 aliphatic carbocycles. The van der Waals surface area contributed by atoms with E-state index in [0.29, 0.717) is 42.0 Å². The predicted molar refractivity (Wildman–Crippen MR) is 145 cm³/mol. The van der Waals surface area contributed by atoms with Gasteiger partial charge < -0.3 is 10.5 Å². The number of carbonyl (C=O) groups excluding carboxylic acids is 1. The van der Waals surface area contributed by atoms with Gasteiger partial charge in [-0.25, -0.2) is 0 Å². The first kappa shape index (κ1) is 25.1. The highest BCUT2D eigenvalue weighted by molar-refractivity contribution is 7.16. The van der Waals surface area contributed by atoms with Crippen molar-refractivity contribution in [3.8, 4) is 17.9 Å². The van der Waals surface area contributed by atoms with E-state index < -0.39 is 5.92 Å². The fourth-order valence-electron chi connectivity index (χ4n) is 6.00. The molecule has 0 amide bonds. The summed E-state index contributed by atoms with van der Waals surface area (Å²) in [6.45, 7) is 6.67. The normalized spacial score (nSPS) is 21.1. The molecule has 5 rings (SSSR count). The molecule has 1 aromatic heterocycles. The van der Waals surface area contributed by atoms with Crippen LogP contribution in [-0.4, -0.2) is 12.4 Å². The third-order valence-electron chi connectivity index (χ3n) is 7.62. The lowest BCUT2D eigenvalue weighted by molar-refractivity contribution is -0.118. The van der Waals surface area contributed by atoms with Crippen LogP contribution in [0.15, 0.2) is 46.9 Å². The Labute approximate surface area is 222 Å². The number of hydrogen-bond donors (Lipinski definition) is 1. The molecule has 0 bridgehead atoms. The number of aryl methyl sites for hydroxylation is 1. The molecule has 2 heterocycles. The number of rotatable bonds is 4. The van der Waals surface area contributed by atoms with Crippen LogP contribution in [0.5, 0.6) is 5.75 Å². The van der Waals surface area contributed by atoms with E-state index in [1.54, 1.807) is 11.3 Å². The van der Waals surface area contributed by atoms with Crippen molar-refractivity contribution in [3.63, 3.8) is 0 Å². The number of nitrogens with two attached hydrogens (primary N) is 1. The highest BCUT2D eigenvalue weighted by atomic mass is 32.1. The standard InChI is InChI=1S/C30H32N4O2S/c1-4-36-19-12-10-18(11-13-19)26-22(17-32)28(33)34(23-14-30(2,3)15-24(35)27(23)26)29-21(16-31)20-8-6-5-7-9-25(20)37-29/h10-13,26H,4-9,14-15,33H2,1-3H3. The van der Waals surface area contributed by atoms with Crippen molar-refractivity contribution in [2.45, 2.75) is 71.6 Å². The Morgan fingerprint density at radius 2 is 1.84 bits per heavy atom. The summed E-state index contributed by atoms with van der Waals surface area (Å²) in [5, 5.41) is 21.4. The van der Waals surface area contributed by atoms with Crippen LogP contribution < -0.4 is 15.4 Å². The van der Waals surface area contributed by atoms with E-state index >= 15 is 0 Å². The number of thiophene rings is 1. The van der Waals surface area contributed by atoms with Crippen LogP contribution in [0, 0.1) is 28.1 Å². The average Bonchev–Trinajstić information content (AvgIpc) is 3.03. The SMILES string of the molecule is CCOc1ccc(C2C(C#N)=C(N)N(c3sc4c(c3C#N)CCCCC4)C3=C2C(=O)CC(C)(C)C3)cc1. The number of fused-ring (bicyclic) bond motifs is 1. The molecule has 0 saturated carbocycles. The van der Waals surface area contributed by atoms with Crippen LogP contribution in [0.3, 0.4) is 0 Å². The first-order valence-electron chi connectivity index (χ1n) is 13.0.